The number of ether oxygens (including phenoxy) is 1. The van der Waals surface area contributed by atoms with Gasteiger partial charge in [0.2, 0.25) is 0 Å². The molecule has 1 heterocycles. The van der Waals surface area contributed by atoms with Crippen LogP contribution in [-0.2, 0) is 17.9 Å². The lowest BCUT2D eigenvalue weighted by molar-refractivity contribution is -1.02. The number of aryl methyl sites for hydroxylation is 1. The average molecular weight is 402 g/mol. The largest absolute Gasteiger partial charge is 0.496 e. The van der Waals surface area contributed by atoms with Gasteiger partial charge in [0.25, 0.3) is 5.91 Å². The van der Waals surface area contributed by atoms with Gasteiger partial charge in [0.05, 0.1) is 7.11 Å². The van der Waals surface area contributed by atoms with Crippen molar-refractivity contribution in [2.75, 3.05) is 46.9 Å². The van der Waals surface area contributed by atoms with Gasteiger partial charge in [-0.05, 0) is 25.1 Å². The number of carbonyl (C=O) groups is 1. The van der Waals surface area contributed by atoms with Gasteiger partial charge < -0.3 is 19.4 Å². The number of nitrogens with zero attached hydrogens (tertiary/aromatic N) is 1. The van der Waals surface area contributed by atoms with Crippen LogP contribution in [0.2, 0.25) is 0 Å². The van der Waals surface area contributed by atoms with Gasteiger partial charge in [0.1, 0.15) is 44.3 Å². The number of hydrogen-bond donors (Lipinski definition) is 2. The van der Waals surface area contributed by atoms with Crippen LogP contribution in [0.3, 0.4) is 0 Å². The summed E-state index contributed by atoms with van der Waals surface area (Å²) in [7, 11) is 3.47. The van der Waals surface area contributed by atoms with Gasteiger partial charge in [-0.15, -0.1) is 0 Å². The first-order chi connectivity index (χ1) is 14.0. The lowest BCUT2D eigenvalue weighted by Crippen LogP contribution is -3.28. The van der Waals surface area contributed by atoms with E-state index in [1.165, 1.54) is 27.0 Å². The molecule has 0 bridgehead atoms. The SMILES string of the molecule is COc1ccc(C)cc1C[NH+]1CC[NH+](CC(=O)N(C)Cc2ccccc2F)CC1. The molecule has 5 nitrogen and oxygen atoms in total. The highest BCUT2D eigenvalue weighted by Crippen LogP contribution is 2.18. The zero-order chi connectivity index (χ0) is 20.8. The molecular formula is C23H32FN3O2+2. The second-order valence-corrected chi connectivity index (χ2v) is 8.01. The summed E-state index contributed by atoms with van der Waals surface area (Å²) in [6.07, 6.45) is 0. The quantitative estimate of drug-likeness (QED) is 0.690. The predicted octanol–water partition coefficient (Wildman–Crippen LogP) is 0.0847. The van der Waals surface area contributed by atoms with Gasteiger partial charge in [-0.25, -0.2) is 4.39 Å². The first-order valence-corrected chi connectivity index (χ1v) is 10.2. The molecule has 1 amide bonds. The van der Waals surface area contributed by atoms with Crippen LogP contribution in [0.4, 0.5) is 4.39 Å². The van der Waals surface area contributed by atoms with Gasteiger partial charge in [-0.1, -0.05) is 29.8 Å². The van der Waals surface area contributed by atoms with Gasteiger partial charge in [0.15, 0.2) is 6.54 Å². The summed E-state index contributed by atoms with van der Waals surface area (Å²) in [6.45, 7) is 7.79. The summed E-state index contributed by atoms with van der Waals surface area (Å²) in [6, 6.07) is 12.9. The lowest BCUT2D eigenvalue weighted by atomic mass is 10.1. The minimum atomic E-state index is -0.261. The van der Waals surface area contributed by atoms with Crippen molar-refractivity contribution < 1.29 is 23.7 Å². The Morgan fingerprint density at radius 1 is 1.07 bits per heavy atom. The number of likely N-dealkylation sites (N-methyl/N-ethyl adjacent to an activating group) is 1. The van der Waals surface area contributed by atoms with Crippen molar-refractivity contribution >= 4 is 5.91 Å². The van der Waals surface area contributed by atoms with Gasteiger partial charge >= 0.3 is 0 Å². The fourth-order valence-electron chi connectivity index (χ4n) is 3.94. The molecule has 0 unspecified atom stereocenters. The van der Waals surface area contributed by atoms with Gasteiger partial charge in [-0.2, -0.15) is 0 Å². The van der Waals surface area contributed by atoms with Crippen LogP contribution in [0, 0.1) is 12.7 Å². The van der Waals surface area contributed by atoms with E-state index in [1.807, 2.05) is 6.07 Å². The molecule has 1 aliphatic rings. The molecule has 3 rings (SSSR count). The zero-order valence-electron chi connectivity index (χ0n) is 17.6. The van der Waals surface area contributed by atoms with Crippen molar-refractivity contribution in [2.24, 2.45) is 0 Å². The van der Waals surface area contributed by atoms with Crippen molar-refractivity contribution in [2.45, 2.75) is 20.0 Å². The number of amides is 1. The number of rotatable bonds is 7. The van der Waals surface area contributed by atoms with Crippen LogP contribution < -0.4 is 14.5 Å². The van der Waals surface area contributed by atoms with E-state index >= 15 is 0 Å². The Balaban J connectivity index is 1.47. The zero-order valence-corrected chi connectivity index (χ0v) is 17.6. The van der Waals surface area contributed by atoms with Gasteiger partial charge in [-0.3, -0.25) is 4.79 Å². The standard InChI is InChI=1S/C23H30FN3O2/c1-18-8-9-22(29-3)20(14-18)16-26-10-12-27(13-11-26)17-23(28)25(2)15-19-6-4-5-7-21(19)24/h4-9,14H,10-13,15-17H2,1-3H3/p+2. The Bertz CT molecular complexity index is 835. The van der Waals surface area contributed by atoms with E-state index in [0.717, 1.165) is 38.5 Å². The Labute approximate surface area is 172 Å². The molecule has 1 aliphatic heterocycles. The molecular weight excluding hydrogens is 369 g/mol. The molecule has 2 N–H and O–H groups in total. The maximum Gasteiger partial charge on any atom is 0.277 e. The maximum absolute atomic E-state index is 13.8. The highest BCUT2D eigenvalue weighted by molar-refractivity contribution is 5.76. The number of halogens is 1. The van der Waals surface area contributed by atoms with E-state index in [2.05, 4.69) is 19.1 Å². The first-order valence-electron chi connectivity index (χ1n) is 10.2. The van der Waals surface area contributed by atoms with E-state index in [9.17, 15) is 9.18 Å². The molecule has 0 aliphatic carbocycles. The lowest BCUT2D eigenvalue weighted by Gasteiger charge is -2.30. The Hall–Kier alpha value is -2.44. The summed E-state index contributed by atoms with van der Waals surface area (Å²) < 4.78 is 19.3. The topological polar surface area (TPSA) is 38.4 Å². The minimum Gasteiger partial charge on any atom is -0.496 e. The van der Waals surface area contributed by atoms with Crippen molar-refractivity contribution in [3.8, 4) is 5.75 Å². The van der Waals surface area contributed by atoms with Crippen LogP contribution >= 0.6 is 0 Å². The average Bonchev–Trinajstić information content (AvgIpc) is 2.71. The van der Waals surface area contributed by atoms with Crippen molar-refractivity contribution in [3.05, 3.63) is 65.0 Å². The number of piperazine rings is 1. The third-order valence-corrected chi connectivity index (χ3v) is 5.73. The summed E-state index contributed by atoms with van der Waals surface area (Å²) in [5.41, 5.74) is 3.04. The third-order valence-electron chi connectivity index (χ3n) is 5.73. The van der Waals surface area contributed by atoms with E-state index in [1.54, 1.807) is 37.3 Å². The Morgan fingerprint density at radius 3 is 2.45 bits per heavy atom. The number of hydrogen-bond acceptors (Lipinski definition) is 2. The number of methoxy groups -OCH3 is 1. The second-order valence-electron chi connectivity index (χ2n) is 8.01. The van der Waals surface area contributed by atoms with E-state index in [4.69, 9.17) is 4.74 Å². The van der Waals surface area contributed by atoms with Crippen molar-refractivity contribution in [1.82, 2.24) is 4.90 Å². The summed E-state index contributed by atoms with van der Waals surface area (Å²) in [5.74, 6) is 0.748. The molecule has 29 heavy (non-hydrogen) atoms. The Kier molecular flexibility index (Phi) is 7.23. The third kappa shape index (κ3) is 5.78. The van der Waals surface area contributed by atoms with E-state index < -0.39 is 0 Å². The molecule has 1 saturated heterocycles. The fourth-order valence-corrected chi connectivity index (χ4v) is 3.94. The highest BCUT2D eigenvalue weighted by atomic mass is 19.1. The first kappa shape index (κ1) is 21.3. The molecule has 2 aromatic carbocycles. The summed E-state index contributed by atoms with van der Waals surface area (Å²) in [4.78, 5) is 17.0. The summed E-state index contributed by atoms with van der Waals surface area (Å²) >= 11 is 0. The molecule has 0 saturated carbocycles. The maximum atomic E-state index is 13.8. The number of benzene rings is 2. The monoisotopic (exact) mass is 401 g/mol. The van der Waals surface area contributed by atoms with Crippen LogP contribution in [-0.4, -0.2) is 57.7 Å². The number of nitrogens with one attached hydrogen (secondary N) is 2. The summed E-state index contributed by atoms with van der Waals surface area (Å²) in [5, 5.41) is 0. The number of quaternary nitrogens is 2. The Morgan fingerprint density at radius 2 is 1.76 bits per heavy atom. The molecule has 0 radical (unpaired) electrons. The molecule has 0 atom stereocenters. The fraction of sp³-hybridized carbons (Fsp3) is 0.435. The van der Waals surface area contributed by atoms with E-state index in [-0.39, 0.29) is 11.7 Å². The molecule has 2 aromatic rings. The van der Waals surface area contributed by atoms with Crippen LogP contribution in [0.25, 0.3) is 0 Å². The van der Waals surface area contributed by atoms with Crippen LogP contribution in [0.15, 0.2) is 42.5 Å². The molecule has 0 aromatic heterocycles. The molecule has 6 heteroatoms. The van der Waals surface area contributed by atoms with Gasteiger partial charge in [0, 0.05) is 24.7 Å². The van der Waals surface area contributed by atoms with Crippen LogP contribution in [0.5, 0.6) is 5.75 Å². The van der Waals surface area contributed by atoms with E-state index in [0.29, 0.717) is 18.7 Å². The number of carbonyl (C=O) groups excluding carboxylic acids is 1. The molecule has 0 spiro atoms. The van der Waals surface area contributed by atoms with Crippen molar-refractivity contribution in [3.63, 3.8) is 0 Å². The van der Waals surface area contributed by atoms with Crippen LogP contribution in [0.1, 0.15) is 16.7 Å². The van der Waals surface area contributed by atoms with Crippen molar-refractivity contribution in [1.29, 1.82) is 0 Å². The minimum absolute atomic E-state index is 0.0621. The predicted molar refractivity (Wildman–Crippen MR) is 111 cm³/mol. The second kappa shape index (κ2) is 9.85. The smallest absolute Gasteiger partial charge is 0.277 e. The highest BCUT2D eigenvalue weighted by Gasteiger charge is 2.26. The molecule has 1 fully saturated rings. The molecule has 156 valence electrons. The normalized spacial score (nSPS) is 19.0.